The molecule has 1 aromatic heterocycles. The van der Waals surface area contributed by atoms with Gasteiger partial charge in [-0.15, -0.1) is 10.2 Å². The minimum atomic E-state index is -5.18. The number of carbonyl (C=O) groups excluding carboxylic acids is 1. The Hall–Kier alpha value is 4.18. The second kappa shape index (κ2) is 35.5. The molecular weight excluding hydrogens is 1150 g/mol. The molecule has 3 aromatic carbocycles. The topological polar surface area (TPSA) is 353 Å². The van der Waals surface area contributed by atoms with Gasteiger partial charge in [0.15, 0.2) is 5.82 Å². The molecule has 0 saturated heterocycles. The summed E-state index contributed by atoms with van der Waals surface area (Å²) in [5, 5.41) is 52.2. The summed E-state index contributed by atoms with van der Waals surface area (Å²) in [5.74, 6) is -2.63. The van der Waals surface area contributed by atoms with Gasteiger partial charge in [0, 0.05) is 45.6 Å². The number of nitrogens with zero attached hydrogens (tertiary/aromatic N) is 6. The van der Waals surface area contributed by atoms with Gasteiger partial charge < -0.3 is 34.4 Å². The molecule has 1 heterocycles. The number of nitriles is 1. The van der Waals surface area contributed by atoms with Crippen molar-refractivity contribution in [3.05, 3.63) is 75.9 Å². The molecule has 4 aromatic rings. The smallest absolute Gasteiger partial charge is 0.748 e. The van der Waals surface area contributed by atoms with Gasteiger partial charge in [0.25, 0.3) is 5.91 Å². The van der Waals surface area contributed by atoms with E-state index in [1.165, 1.54) is 30.3 Å². The Morgan fingerprint density at radius 2 is 1.32 bits per heavy atom. The van der Waals surface area contributed by atoms with Gasteiger partial charge in [-0.05, 0) is 74.2 Å². The summed E-state index contributed by atoms with van der Waals surface area (Å²) in [4.78, 5) is 14.5. The summed E-state index contributed by atoms with van der Waals surface area (Å²) in [7, 11) is -14.3. The number of nitrogens with one attached hydrogen (secondary N) is 1. The van der Waals surface area contributed by atoms with Crippen molar-refractivity contribution in [3.8, 4) is 11.8 Å². The molecule has 330 valence electrons. The molecule has 0 bridgehead atoms. The molecule has 0 radical (unpaired) electrons. The Balaban J connectivity index is 0. The molecule has 0 unspecified atom stereocenters. The monoisotopic (exact) mass is 1180 g/mol. The normalized spacial score (nSPS) is 11.2. The molecule has 66 heavy (non-hydrogen) atoms. The molecule has 0 spiro atoms. The predicted molar refractivity (Wildman–Crippen MR) is 207 cm³/mol. The molecule has 0 aliphatic heterocycles. The summed E-state index contributed by atoms with van der Waals surface area (Å²) in [6, 6.07) is 11.3. The van der Waals surface area contributed by atoms with E-state index >= 15 is 0 Å². The zero-order valence-corrected chi connectivity index (χ0v) is 56.6. The molecule has 1 amide bonds. The summed E-state index contributed by atoms with van der Waals surface area (Å²) in [6.07, 6.45) is 1.29. The van der Waals surface area contributed by atoms with Crippen molar-refractivity contribution < 1.29 is 330 Å². The van der Waals surface area contributed by atoms with Crippen LogP contribution in [0, 0.1) is 11.3 Å². The molecule has 0 aliphatic carbocycles. The van der Waals surface area contributed by atoms with Crippen LogP contribution < -0.4 is 278 Å². The van der Waals surface area contributed by atoms with Crippen LogP contribution in [0.3, 0.4) is 0 Å². The number of azo groups is 1. The zero-order chi connectivity index (χ0) is 45.0. The maximum absolute atomic E-state index is 13.8. The fraction of sp³-hybridized carbons (Fsp3) is 0.258. The van der Waals surface area contributed by atoms with Crippen LogP contribution in [0.2, 0.25) is 10.0 Å². The predicted octanol–water partition coefficient (Wildman–Crippen LogP) is -11.4. The summed E-state index contributed by atoms with van der Waals surface area (Å²) < 4.78 is 113. The summed E-state index contributed by atoms with van der Waals surface area (Å²) >= 11 is 13.6. The Morgan fingerprint density at radius 3 is 1.80 bits per heavy atom. The minimum absolute atomic E-state index is 0. The number of halogens is 2. The molecule has 0 aliphatic rings. The SMILES string of the molecule is N#Cc1cnn(-c2c(Cl)cc(SOO[O-])cc2Cl)c1N=Nc1ccc(N(CCCCS(=O)(=O)[O-])CCCCS(=O)(=O)[O-])cc1NC(=O)c1cc(SOO[O-])cc(S(=O)(=O)[O-])c1.[K+].[K+].[K+].[K+].[K+]. The van der Waals surface area contributed by atoms with Crippen LogP contribution >= 0.6 is 47.3 Å². The molecule has 0 fully saturated rings. The average molecular weight is 1180 g/mol. The standard InChI is InChI=1S/C31H31Cl2N7O16S5.5K/c32-25-15-23(58-56-54-43)16-26(33)29(25)40-30(20(17-34)18-35-40)38-37-27-6-5-21(39(7-1-3-9-59(44,45)46)8-2-4-10-60(47,48)49)13-28(27)36-31(41)19-11-22(57-55-53-42)14-24(12-19)61(50,51)52;;;;;/h5-6,11-16,18,42-43H,1-4,7-10H2,(H,36,41)(H,44,45,46)(H,47,48,49)(H,50,51,52);;;;;/q;5*+1/p-5. The van der Waals surface area contributed by atoms with Gasteiger partial charge in [-0.2, -0.15) is 19.0 Å². The van der Waals surface area contributed by atoms with E-state index in [2.05, 4.69) is 39.4 Å². The van der Waals surface area contributed by atoms with Crippen LogP contribution in [0.4, 0.5) is 22.9 Å². The minimum Gasteiger partial charge on any atom is -0.748 e. The van der Waals surface area contributed by atoms with Gasteiger partial charge in [0.05, 0.1) is 71.1 Å². The first-order valence-corrected chi connectivity index (χ1v) is 23.4. The third-order valence-electron chi connectivity index (χ3n) is 7.80. The van der Waals surface area contributed by atoms with E-state index in [1.807, 2.05) is 6.07 Å². The fourth-order valence-electron chi connectivity index (χ4n) is 5.21. The maximum atomic E-state index is 13.8. The zero-order valence-electron chi connectivity index (χ0n) is 35.4. The molecule has 4 rings (SSSR count). The number of amides is 1. The second-order valence-corrected chi connectivity index (χ2v) is 18.8. The van der Waals surface area contributed by atoms with E-state index < -0.39 is 58.2 Å². The van der Waals surface area contributed by atoms with Crippen LogP contribution in [0.1, 0.15) is 41.6 Å². The third-order valence-corrected chi connectivity index (χ3v) is 11.9. The van der Waals surface area contributed by atoms with Crippen molar-refractivity contribution in [2.75, 3.05) is 34.8 Å². The van der Waals surface area contributed by atoms with Gasteiger partial charge in [-0.25, -0.2) is 29.9 Å². The van der Waals surface area contributed by atoms with E-state index in [0.29, 0.717) is 17.7 Å². The molecule has 0 saturated carbocycles. The Labute approximate surface area is 610 Å². The van der Waals surface area contributed by atoms with Crippen LogP contribution in [0.5, 0.6) is 0 Å². The third kappa shape index (κ3) is 24.9. The fourth-order valence-corrected chi connectivity index (χ4v) is 8.62. The maximum Gasteiger partial charge on any atom is 1.00 e. The van der Waals surface area contributed by atoms with Gasteiger partial charge >= 0.3 is 257 Å². The van der Waals surface area contributed by atoms with Crippen LogP contribution in [0.25, 0.3) is 5.69 Å². The number of unbranched alkanes of at least 4 members (excludes halogenated alkanes) is 2. The molecular formula is C31H26Cl2K5N7O16S5. The van der Waals surface area contributed by atoms with Crippen LogP contribution in [-0.2, 0) is 49.1 Å². The van der Waals surface area contributed by atoms with Crippen LogP contribution in [0.15, 0.2) is 79.6 Å². The number of hydrogen-bond donors (Lipinski definition) is 1. The Morgan fingerprint density at radius 1 is 0.788 bits per heavy atom. The second-order valence-electron chi connectivity index (χ2n) is 12.0. The van der Waals surface area contributed by atoms with E-state index in [4.69, 9.17) is 23.2 Å². The first-order chi connectivity index (χ1) is 28.7. The van der Waals surface area contributed by atoms with E-state index in [-0.39, 0.29) is 356 Å². The van der Waals surface area contributed by atoms with Gasteiger partial charge in [0.2, 0.25) is 0 Å². The van der Waals surface area contributed by atoms with E-state index in [0.717, 1.165) is 29.1 Å². The Kier molecular flexibility index (Phi) is 38.9. The number of benzene rings is 3. The van der Waals surface area contributed by atoms with Crippen molar-refractivity contribution >= 4 is 106 Å². The van der Waals surface area contributed by atoms with Crippen LogP contribution in [-0.4, -0.2) is 79.2 Å². The van der Waals surface area contributed by atoms with Crippen molar-refractivity contribution in [2.45, 2.75) is 40.4 Å². The van der Waals surface area contributed by atoms with Crippen molar-refractivity contribution in [2.24, 2.45) is 10.2 Å². The van der Waals surface area contributed by atoms with Crippen molar-refractivity contribution in [3.63, 3.8) is 0 Å². The number of carbonyl (C=O) groups is 1. The molecule has 0 atom stereocenters. The first-order valence-electron chi connectivity index (χ1n) is 16.6. The number of hydrogen-bond acceptors (Lipinski definition) is 23. The van der Waals surface area contributed by atoms with Crippen molar-refractivity contribution in [1.82, 2.24) is 9.78 Å². The quantitative estimate of drug-likeness (QED) is 0.0137. The van der Waals surface area contributed by atoms with Gasteiger partial charge in [-0.3, -0.25) is 14.9 Å². The molecule has 1 N–H and O–H groups in total. The molecule has 35 heteroatoms. The largest absolute Gasteiger partial charge is 1.00 e. The number of rotatable bonds is 23. The van der Waals surface area contributed by atoms with Gasteiger partial charge in [-0.1, -0.05) is 23.2 Å². The van der Waals surface area contributed by atoms with Gasteiger partial charge in [0.1, 0.15) is 33.1 Å². The summed E-state index contributed by atoms with van der Waals surface area (Å²) in [6.45, 7) is 0.165. The first kappa shape index (κ1) is 72.3. The Bertz CT molecular complexity index is 2590. The summed E-state index contributed by atoms with van der Waals surface area (Å²) in [5.41, 5.74) is -0.577. The van der Waals surface area contributed by atoms with Crippen molar-refractivity contribution in [1.29, 1.82) is 5.26 Å². The van der Waals surface area contributed by atoms with E-state index in [1.54, 1.807) is 4.90 Å². The number of aromatic nitrogens is 2. The number of anilines is 2. The average Bonchev–Trinajstić information content (AvgIpc) is 3.58. The van der Waals surface area contributed by atoms with E-state index in [9.17, 15) is 59.5 Å². The molecule has 23 nitrogen and oxygen atoms in total.